The maximum Gasteiger partial charge on any atom is 0.336 e. The highest BCUT2D eigenvalue weighted by molar-refractivity contribution is 7.94. The van der Waals surface area contributed by atoms with Gasteiger partial charge in [0.15, 0.2) is 14.6 Å². The molecular weight excluding hydrogens is 232 g/mol. The van der Waals surface area contributed by atoms with Crippen LogP contribution in [0, 0.1) is 0 Å². The second-order valence-electron chi connectivity index (χ2n) is 4.17. The van der Waals surface area contributed by atoms with E-state index in [4.69, 9.17) is 4.74 Å². The molecule has 0 aliphatic carbocycles. The monoisotopic (exact) mass is 246 g/mol. The smallest absolute Gasteiger partial charge is 0.336 e. The van der Waals surface area contributed by atoms with E-state index in [0.717, 1.165) is 6.26 Å². The molecule has 2 heterocycles. The number of hydrogen-bond donors (Lipinski definition) is 0. The quantitative estimate of drug-likeness (QED) is 0.660. The topological polar surface area (TPSA) is 69.7 Å². The highest BCUT2D eigenvalue weighted by atomic mass is 32.2. The zero-order valence-corrected chi connectivity index (χ0v) is 9.83. The first-order valence-corrected chi connectivity index (χ1v) is 6.73. The molecule has 16 heavy (non-hydrogen) atoms. The molecule has 2 aliphatic rings. The Hall–Kier alpha value is -0.880. The number of esters is 1. The van der Waals surface area contributed by atoms with Gasteiger partial charge in [0.05, 0.1) is 11.5 Å². The van der Waals surface area contributed by atoms with Gasteiger partial charge in [-0.1, -0.05) is 0 Å². The molecule has 0 aromatic rings. The lowest BCUT2D eigenvalue weighted by molar-refractivity contribution is -0.137. The van der Waals surface area contributed by atoms with Gasteiger partial charge in [0.2, 0.25) is 0 Å². The molecule has 0 saturated carbocycles. The van der Waals surface area contributed by atoms with Crippen LogP contribution >= 0.6 is 0 Å². The molecule has 1 fully saturated rings. The van der Waals surface area contributed by atoms with E-state index in [1.165, 1.54) is 13.0 Å². The van der Waals surface area contributed by atoms with Crippen molar-refractivity contribution in [3.05, 3.63) is 12.3 Å². The predicted molar refractivity (Wildman–Crippen MR) is 56.4 cm³/mol. The zero-order valence-electron chi connectivity index (χ0n) is 9.01. The molecule has 2 rings (SSSR count). The number of ether oxygens (including phenoxy) is 2. The van der Waals surface area contributed by atoms with Gasteiger partial charge in [-0.05, 0) is 25.8 Å². The summed E-state index contributed by atoms with van der Waals surface area (Å²) in [4.78, 5) is 11.5. The summed E-state index contributed by atoms with van der Waals surface area (Å²) in [5.41, 5.74) is 0. The summed E-state index contributed by atoms with van der Waals surface area (Å²) in [6.07, 6.45) is 3.36. The van der Waals surface area contributed by atoms with Gasteiger partial charge in [0, 0.05) is 13.2 Å². The number of carbonyl (C=O) groups is 1. The van der Waals surface area contributed by atoms with E-state index in [2.05, 4.69) is 4.74 Å². The van der Waals surface area contributed by atoms with Gasteiger partial charge < -0.3 is 9.47 Å². The van der Waals surface area contributed by atoms with Crippen LogP contribution in [0.2, 0.25) is 0 Å². The summed E-state index contributed by atoms with van der Waals surface area (Å²) in [6, 6.07) is 0. The molecule has 0 aromatic carbocycles. The molecule has 2 aliphatic heterocycles. The first-order valence-electron chi connectivity index (χ1n) is 5.18. The van der Waals surface area contributed by atoms with Crippen molar-refractivity contribution in [3.63, 3.8) is 0 Å². The number of carbonyl (C=O) groups excluding carboxylic acids is 1. The van der Waals surface area contributed by atoms with Crippen molar-refractivity contribution in [1.29, 1.82) is 0 Å². The second kappa shape index (κ2) is 3.85. The number of sulfone groups is 1. The lowest BCUT2D eigenvalue weighted by Gasteiger charge is -2.28. The average molecular weight is 246 g/mol. The zero-order chi connectivity index (χ0) is 11.8. The second-order valence-corrected chi connectivity index (χ2v) is 6.78. The van der Waals surface area contributed by atoms with E-state index in [9.17, 15) is 13.2 Å². The lowest BCUT2D eigenvalue weighted by atomic mass is 10.2. The van der Waals surface area contributed by atoms with E-state index in [1.54, 1.807) is 0 Å². The Morgan fingerprint density at radius 1 is 1.38 bits per heavy atom. The summed E-state index contributed by atoms with van der Waals surface area (Å²) in [5, 5.41) is -0.512. The van der Waals surface area contributed by atoms with Gasteiger partial charge in [-0.25, -0.2) is 13.2 Å². The van der Waals surface area contributed by atoms with Crippen molar-refractivity contribution < 1.29 is 22.7 Å². The van der Waals surface area contributed by atoms with Gasteiger partial charge in [0.25, 0.3) is 0 Å². The Morgan fingerprint density at radius 2 is 2.00 bits per heavy atom. The molecule has 0 aromatic heterocycles. The fraction of sp³-hybridized carbons (Fsp3) is 0.700. The fourth-order valence-electron chi connectivity index (χ4n) is 1.95. The Morgan fingerprint density at radius 3 is 2.50 bits per heavy atom. The minimum atomic E-state index is -3.55. The molecular formula is C10H14O5S. The fourth-order valence-corrected chi connectivity index (χ4v) is 3.99. The molecule has 1 saturated heterocycles. The maximum atomic E-state index is 12.3. The predicted octanol–water partition coefficient (Wildman–Crippen LogP) is 0.409. The minimum absolute atomic E-state index is 0.429. The van der Waals surface area contributed by atoms with Crippen molar-refractivity contribution in [2.24, 2.45) is 0 Å². The largest absolute Gasteiger partial charge is 0.433 e. The lowest BCUT2D eigenvalue weighted by Crippen LogP contribution is -2.46. The molecule has 1 atom stereocenters. The Bertz CT molecular complexity index is 418. The van der Waals surface area contributed by atoms with Crippen LogP contribution in [-0.4, -0.2) is 37.6 Å². The van der Waals surface area contributed by atoms with Crippen LogP contribution < -0.4 is 0 Å². The third-order valence-corrected chi connectivity index (χ3v) is 6.00. The van der Waals surface area contributed by atoms with Crippen LogP contribution in [0.3, 0.4) is 0 Å². The van der Waals surface area contributed by atoms with Gasteiger partial charge >= 0.3 is 5.97 Å². The SMILES string of the molecule is CC1(S(=O)(=O)C2CCOCC2)C=COC1=O. The summed E-state index contributed by atoms with van der Waals surface area (Å²) in [7, 11) is -3.55. The van der Waals surface area contributed by atoms with Gasteiger partial charge in [-0.3, -0.25) is 0 Å². The average Bonchev–Trinajstić information content (AvgIpc) is 2.62. The van der Waals surface area contributed by atoms with Crippen molar-refractivity contribution in [3.8, 4) is 0 Å². The van der Waals surface area contributed by atoms with Crippen LogP contribution in [-0.2, 0) is 24.1 Å². The number of rotatable bonds is 2. The summed E-state index contributed by atoms with van der Waals surface area (Å²) in [5.74, 6) is -0.709. The van der Waals surface area contributed by atoms with Crippen LogP contribution in [0.5, 0.6) is 0 Å². The van der Waals surface area contributed by atoms with E-state index in [1.807, 2.05) is 0 Å². The number of hydrogen-bond acceptors (Lipinski definition) is 5. The van der Waals surface area contributed by atoms with E-state index < -0.39 is 25.8 Å². The molecule has 90 valence electrons. The van der Waals surface area contributed by atoms with Gasteiger partial charge in [-0.2, -0.15) is 0 Å². The first kappa shape index (κ1) is 11.6. The Balaban J connectivity index is 2.31. The van der Waals surface area contributed by atoms with E-state index in [-0.39, 0.29) is 0 Å². The standard InChI is InChI=1S/C10H14O5S/c1-10(4-7-15-9(10)11)16(12,13)8-2-5-14-6-3-8/h4,7-8H,2-3,5-6H2,1H3. The molecule has 0 bridgehead atoms. The molecule has 0 spiro atoms. The van der Waals surface area contributed by atoms with Gasteiger partial charge in [0.1, 0.15) is 0 Å². The van der Waals surface area contributed by atoms with E-state index >= 15 is 0 Å². The maximum absolute atomic E-state index is 12.3. The van der Waals surface area contributed by atoms with Crippen molar-refractivity contribution in [2.45, 2.75) is 29.8 Å². The van der Waals surface area contributed by atoms with Crippen molar-refractivity contribution in [2.75, 3.05) is 13.2 Å². The molecule has 5 nitrogen and oxygen atoms in total. The first-order chi connectivity index (χ1) is 7.48. The van der Waals surface area contributed by atoms with Crippen LogP contribution in [0.4, 0.5) is 0 Å². The third kappa shape index (κ3) is 1.56. The summed E-state index contributed by atoms with van der Waals surface area (Å²) in [6.45, 7) is 2.25. The molecule has 1 unspecified atom stereocenters. The molecule has 0 amide bonds. The van der Waals surface area contributed by atoms with Crippen molar-refractivity contribution in [1.82, 2.24) is 0 Å². The molecule has 0 N–H and O–H groups in total. The summed E-state index contributed by atoms with van der Waals surface area (Å²) >= 11 is 0. The summed E-state index contributed by atoms with van der Waals surface area (Å²) < 4.78 is 32.8. The Labute approximate surface area is 94.3 Å². The highest BCUT2D eigenvalue weighted by Crippen LogP contribution is 2.32. The highest BCUT2D eigenvalue weighted by Gasteiger charge is 2.51. The molecule has 6 heteroatoms. The van der Waals surface area contributed by atoms with E-state index in [0.29, 0.717) is 26.1 Å². The third-order valence-electron chi connectivity index (χ3n) is 3.16. The normalized spacial score (nSPS) is 31.7. The Kier molecular flexibility index (Phi) is 2.79. The van der Waals surface area contributed by atoms with Crippen LogP contribution in [0.25, 0.3) is 0 Å². The molecule has 0 radical (unpaired) electrons. The van der Waals surface area contributed by atoms with Gasteiger partial charge in [-0.15, -0.1) is 0 Å². The van der Waals surface area contributed by atoms with Crippen molar-refractivity contribution >= 4 is 15.8 Å². The van der Waals surface area contributed by atoms with Crippen LogP contribution in [0.1, 0.15) is 19.8 Å². The minimum Gasteiger partial charge on any atom is -0.433 e. The van der Waals surface area contributed by atoms with Crippen LogP contribution in [0.15, 0.2) is 12.3 Å². The number of cyclic esters (lactones) is 1.